The molecule has 0 unspecified atom stereocenters. The molecule has 0 radical (unpaired) electrons. The maximum atomic E-state index is 13.0. The van der Waals surface area contributed by atoms with Gasteiger partial charge in [0.05, 0.1) is 37.2 Å². The van der Waals surface area contributed by atoms with Gasteiger partial charge in [0, 0.05) is 16.5 Å². The fraction of sp³-hybridized carbons (Fsp3) is 0.0800. The van der Waals surface area contributed by atoms with E-state index >= 15 is 0 Å². The van der Waals surface area contributed by atoms with Crippen LogP contribution in [0.5, 0.6) is 11.5 Å². The molecule has 1 heterocycles. The monoisotopic (exact) mass is 411 g/mol. The number of nitrogens with one attached hydrogen (secondary N) is 1. The number of rotatable bonds is 6. The van der Waals surface area contributed by atoms with Crippen molar-refractivity contribution in [3.8, 4) is 22.8 Å². The molecule has 0 spiro atoms. The van der Waals surface area contributed by atoms with E-state index in [1.165, 1.54) is 6.21 Å². The second kappa shape index (κ2) is 9.09. The minimum Gasteiger partial charge on any atom is -0.493 e. The Bertz CT molecular complexity index is 1250. The molecule has 6 heteroatoms. The van der Waals surface area contributed by atoms with Crippen molar-refractivity contribution in [2.75, 3.05) is 14.2 Å². The van der Waals surface area contributed by atoms with Crippen molar-refractivity contribution in [1.82, 2.24) is 10.4 Å². The first kappa shape index (κ1) is 20.1. The van der Waals surface area contributed by atoms with E-state index < -0.39 is 0 Å². The normalized spacial score (nSPS) is 10.9. The van der Waals surface area contributed by atoms with Gasteiger partial charge >= 0.3 is 0 Å². The van der Waals surface area contributed by atoms with Crippen molar-refractivity contribution in [3.63, 3.8) is 0 Å². The van der Waals surface area contributed by atoms with Gasteiger partial charge < -0.3 is 9.47 Å². The number of aromatic nitrogens is 1. The lowest BCUT2D eigenvalue weighted by Gasteiger charge is -2.10. The van der Waals surface area contributed by atoms with Crippen LogP contribution in [0.15, 0.2) is 84.0 Å². The summed E-state index contributed by atoms with van der Waals surface area (Å²) in [6.45, 7) is 0. The first-order chi connectivity index (χ1) is 15.2. The van der Waals surface area contributed by atoms with Gasteiger partial charge in [0.1, 0.15) is 0 Å². The Labute approximate surface area is 180 Å². The summed E-state index contributed by atoms with van der Waals surface area (Å²) in [4.78, 5) is 17.7. The average Bonchev–Trinajstić information content (AvgIpc) is 2.83. The molecule has 4 aromatic rings. The number of hydrogen-bond acceptors (Lipinski definition) is 5. The molecule has 31 heavy (non-hydrogen) atoms. The van der Waals surface area contributed by atoms with Crippen molar-refractivity contribution in [3.05, 3.63) is 90.0 Å². The summed E-state index contributed by atoms with van der Waals surface area (Å²) in [5, 5.41) is 4.89. The predicted octanol–water partition coefficient (Wildman–Crippen LogP) is 4.68. The number of pyridine rings is 1. The largest absolute Gasteiger partial charge is 0.493 e. The fourth-order valence-electron chi connectivity index (χ4n) is 3.35. The number of methoxy groups -OCH3 is 2. The molecule has 0 fully saturated rings. The number of benzene rings is 3. The van der Waals surface area contributed by atoms with E-state index in [0.717, 1.165) is 22.2 Å². The molecule has 0 saturated carbocycles. The van der Waals surface area contributed by atoms with Crippen molar-refractivity contribution in [2.45, 2.75) is 0 Å². The second-order valence-corrected chi connectivity index (χ2v) is 6.72. The van der Waals surface area contributed by atoms with Crippen molar-refractivity contribution in [2.24, 2.45) is 5.10 Å². The first-order valence-electron chi connectivity index (χ1n) is 9.71. The summed E-state index contributed by atoms with van der Waals surface area (Å²) in [5.41, 5.74) is 6.20. The Kier molecular flexibility index (Phi) is 5.89. The highest BCUT2D eigenvalue weighted by molar-refractivity contribution is 6.07. The van der Waals surface area contributed by atoms with Crippen LogP contribution >= 0.6 is 0 Å². The second-order valence-electron chi connectivity index (χ2n) is 6.72. The number of amides is 1. The van der Waals surface area contributed by atoms with E-state index in [0.29, 0.717) is 22.6 Å². The van der Waals surface area contributed by atoms with Gasteiger partial charge in [-0.3, -0.25) is 4.79 Å². The summed E-state index contributed by atoms with van der Waals surface area (Å²) < 4.78 is 10.7. The fourth-order valence-corrected chi connectivity index (χ4v) is 3.35. The molecule has 0 aliphatic rings. The van der Waals surface area contributed by atoms with Crippen LogP contribution in [0.4, 0.5) is 0 Å². The highest BCUT2D eigenvalue weighted by Gasteiger charge is 2.14. The maximum absolute atomic E-state index is 13.0. The highest BCUT2D eigenvalue weighted by atomic mass is 16.5. The minimum atomic E-state index is -0.325. The molecule has 0 aliphatic heterocycles. The van der Waals surface area contributed by atoms with Crippen molar-refractivity contribution < 1.29 is 14.3 Å². The Morgan fingerprint density at radius 3 is 2.48 bits per heavy atom. The Morgan fingerprint density at radius 1 is 0.935 bits per heavy atom. The van der Waals surface area contributed by atoms with E-state index in [1.54, 1.807) is 26.4 Å². The van der Waals surface area contributed by atoms with E-state index in [1.807, 2.05) is 66.7 Å². The number of ether oxygens (including phenoxy) is 2. The van der Waals surface area contributed by atoms with Crippen LogP contribution in [0, 0.1) is 0 Å². The third-order valence-corrected chi connectivity index (χ3v) is 4.83. The number of para-hydroxylation sites is 2. The standard InChI is InChI=1S/C25H21N3O3/c1-30-23-14-8-11-18(24(23)31-2)16-26-28-25(29)20-15-22(17-9-4-3-5-10-17)27-21-13-7-6-12-19(20)21/h3-16H,1-2H3,(H,28,29)/b26-16-. The summed E-state index contributed by atoms with van der Waals surface area (Å²) >= 11 is 0. The number of carbonyl (C=O) groups is 1. The number of nitrogens with zero attached hydrogens (tertiary/aromatic N) is 2. The van der Waals surface area contributed by atoms with Crippen molar-refractivity contribution >= 4 is 23.0 Å². The molecular weight excluding hydrogens is 390 g/mol. The molecule has 1 N–H and O–H groups in total. The molecule has 3 aromatic carbocycles. The van der Waals surface area contributed by atoms with Gasteiger partial charge in [0.25, 0.3) is 5.91 Å². The van der Waals surface area contributed by atoms with Gasteiger partial charge in [0.2, 0.25) is 0 Å². The Balaban J connectivity index is 1.66. The maximum Gasteiger partial charge on any atom is 0.272 e. The van der Waals surface area contributed by atoms with Gasteiger partial charge in [-0.1, -0.05) is 54.6 Å². The van der Waals surface area contributed by atoms with Crippen LogP contribution < -0.4 is 14.9 Å². The number of carbonyl (C=O) groups excluding carboxylic acids is 1. The molecule has 0 aliphatic carbocycles. The minimum absolute atomic E-state index is 0.325. The summed E-state index contributed by atoms with van der Waals surface area (Å²) in [6, 6.07) is 24.5. The van der Waals surface area contributed by atoms with Gasteiger partial charge in [-0.15, -0.1) is 0 Å². The summed E-state index contributed by atoms with van der Waals surface area (Å²) in [5.74, 6) is 0.808. The first-order valence-corrected chi connectivity index (χ1v) is 9.71. The zero-order chi connectivity index (χ0) is 21.6. The van der Waals surface area contributed by atoms with Crippen LogP contribution in [0.3, 0.4) is 0 Å². The molecule has 0 bridgehead atoms. The molecule has 154 valence electrons. The molecule has 0 saturated heterocycles. The Morgan fingerprint density at radius 2 is 1.71 bits per heavy atom. The van der Waals surface area contributed by atoms with Gasteiger partial charge in [0.15, 0.2) is 11.5 Å². The zero-order valence-electron chi connectivity index (χ0n) is 17.2. The van der Waals surface area contributed by atoms with Gasteiger partial charge in [-0.2, -0.15) is 5.10 Å². The molecule has 1 aromatic heterocycles. The molecule has 4 rings (SSSR count). The topological polar surface area (TPSA) is 72.8 Å². The van der Waals surface area contributed by atoms with Crippen LogP contribution in [0.25, 0.3) is 22.2 Å². The van der Waals surface area contributed by atoms with Crippen molar-refractivity contribution in [1.29, 1.82) is 0 Å². The molecule has 0 atom stereocenters. The van der Waals surface area contributed by atoms with Gasteiger partial charge in [-0.25, -0.2) is 10.4 Å². The summed E-state index contributed by atoms with van der Waals surface area (Å²) in [6.07, 6.45) is 1.53. The Hall–Kier alpha value is -4.19. The number of hydrazone groups is 1. The zero-order valence-corrected chi connectivity index (χ0v) is 17.2. The summed E-state index contributed by atoms with van der Waals surface area (Å²) in [7, 11) is 3.13. The lowest BCUT2D eigenvalue weighted by atomic mass is 10.0. The quantitative estimate of drug-likeness (QED) is 0.369. The van der Waals surface area contributed by atoms with Crippen LogP contribution in [0.1, 0.15) is 15.9 Å². The number of hydrogen-bond donors (Lipinski definition) is 1. The molecule has 1 amide bonds. The van der Waals surface area contributed by atoms with Crippen LogP contribution in [-0.2, 0) is 0 Å². The highest BCUT2D eigenvalue weighted by Crippen LogP contribution is 2.29. The van der Waals surface area contributed by atoms with E-state index in [2.05, 4.69) is 10.5 Å². The lowest BCUT2D eigenvalue weighted by molar-refractivity contribution is 0.0956. The third kappa shape index (κ3) is 4.23. The average molecular weight is 411 g/mol. The predicted molar refractivity (Wildman–Crippen MR) is 122 cm³/mol. The van der Waals surface area contributed by atoms with Crippen LogP contribution in [0.2, 0.25) is 0 Å². The van der Waals surface area contributed by atoms with E-state index in [9.17, 15) is 4.79 Å². The van der Waals surface area contributed by atoms with Gasteiger partial charge in [-0.05, 0) is 24.3 Å². The number of fused-ring (bicyclic) bond motifs is 1. The van der Waals surface area contributed by atoms with Crippen LogP contribution in [-0.4, -0.2) is 31.3 Å². The molecular formula is C25H21N3O3. The van der Waals surface area contributed by atoms with E-state index in [4.69, 9.17) is 14.5 Å². The SMILES string of the molecule is COc1cccc(/C=N\NC(=O)c2cc(-c3ccccc3)nc3ccccc23)c1OC. The lowest BCUT2D eigenvalue weighted by Crippen LogP contribution is -2.18. The third-order valence-electron chi connectivity index (χ3n) is 4.83. The smallest absolute Gasteiger partial charge is 0.272 e. The van der Waals surface area contributed by atoms with E-state index in [-0.39, 0.29) is 5.91 Å². The molecule has 6 nitrogen and oxygen atoms in total.